The highest BCUT2D eigenvalue weighted by atomic mass is 35.5. The summed E-state index contributed by atoms with van der Waals surface area (Å²) in [6.07, 6.45) is 0.420. The van der Waals surface area contributed by atoms with Crippen LogP contribution >= 0.6 is 22.9 Å². The van der Waals surface area contributed by atoms with Gasteiger partial charge >= 0.3 is 0 Å². The lowest BCUT2D eigenvalue weighted by Gasteiger charge is -2.04. The van der Waals surface area contributed by atoms with Crippen molar-refractivity contribution in [3.8, 4) is 17.0 Å². The van der Waals surface area contributed by atoms with Crippen molar-refractivity contribution < 1.29 is 9.50 Å². The smallest absolute Gasteiger partial charge is 0.145 e. The Morgan fingerprint density at radius 3 is 2.71 bits per heavy atom. The summed E-state index contributed by atoms with van der Waals surface area (Å²) in [5, 5.41) is 12.6. The van der Waals surface area contributed by atoms with Gasteiger partial charge in [0.1, 0.15) is 11.6 Å². The third-order valence-electron chi connectivity index (χ3n) is 3.08. The molecule has 1 aromatic heterocycles. The van der Waals surface area contributed by atoms with Crippen LogP contribution in [0.4, 0.5) is 4.39 Å². The molecule has 0 radical (unpaired) electrons. The summed E-state index contributed by atoms with van der Waals surface area (Å²) in [5.74, 6) is -0.726. The fourth-order valence-corrected chi connectivity index (χ4v) is 3.03. The van der Waals surface area contributed by atoms with Crippen molar-refractivity contribution in [2.75, 3.05) is 0 Å². The quantitative estimate of drug-likeness (QED) is 0.745. The Bertz CT molecular complexity index is 773. The number of aromatic nitrogens is 1. The van der Waals surface area contributed by atoms with Gasteiger partial charge in [0.25, 0.3) is 0 Å². The minimum Gasteiger partial charge on any atom is -0.508 e. The molecule has 106 valence electrons. The maximum atomic E-state index is 13.2. The van der Waals surface area contributed by atoms with Crippen LogP contribution in [0.3, 0.4) is 0 Å². The number of thiazole rings is 1. The molecular formula is C16H11ClFNOS. The summed E-state index contributed by atoms with van der Waals surface area (Å²) >= 11 is 7.25. The van der Waals surface area contributed by atoms with E-state index >= 15 is 0 Å². The Morgan fingerprint density at radius 1 is 1.19 bits per heavy atom. The van der Waals surface area contributed by atoms with Crippen LogP contribution in [0.1, 0.15) is 10.6 Å². The minimum absolute atomic E-state index is 0.00244. The summed E-state index contributed by atoms with van der Waals surface area (Å²) in [7, 11) is 0. The number of halogens is 2. The van der Waals surface area contributed by atoms with Gasteiger partial charge in [0.05, 0.1) is 15.7 Å². The maximum absolute atomic E-state index is 13.2. The Hall–Kier alpha value is -1.91. The normalized spacial score (nSPS) is 10.8. The van der Waals surface area contributed by atoms with E-state index in [-0.39, 0.29) is 10.8 Å². The van der Waals surface area contributed by atoms with Crippen molar-refractivity contribution in [1.82, 2.24) is 4.98 Å². The van der Waals surface area contributed by atoms with Gasteiger partial charge in [-0.05, 0) is 6.07 Å². The van der Waals surface area contributed by atoms with Gasteiger partial charge in [-0.25, -0.2) is 9.37 Å². The summed E-state index contributed by atoms with van der Waals surface area (Å²) in [4.78, 5) is 4.54. The molecule has 2 aromatic carbocycles. The molecule has 0 unspecified atom stereocenters. The van der Waals surface area contributed by atoms with E-state index in [0.29, 0.717) is 12.0 Å². The zero-order valence-electron chi connectivity index (χ0n) is 10.9. The van der Waals surface area contributed by atoms with E-state index in [1.807, 2.05) is 35.7 Å². The van der Waals surface area contributed by atoms with Gasteiger partial charge in [0, 0.05) is 29.0 Å². The van der Waals surface area contributed by atoms with Gasteiger partial charge in [-0.3, -0.25) is 0 Å². The largest absolute Gasteiger partial charge is 0.508 e. The van der Waals surface area contributed by atoms with Crippen molar-refractivity contribution >= 4 is 22.9 Å². The van der Waals surface area contributed by atoms with E-state index in [4.69, 9.17) is 11.6 Å². The molecule has 2 nitrogen and oxygen atoms in total. The average molecular weight is 320 g/mol. The third kappa shape index (κ3) is 3.06. The molecule has 0 atom stereocenters. The summed E-state index contributed by atoms with van der Waals surface area (Å²) in [5.41, 5.74) is 2.50. The topological polar surface area (TPSA) is 33.1 Å². The number of hydrogen-bond donors (Lipinski definition) is 1. The Balaban J connectivity index is 1.87. The number of phenols is 1. The van der Waals surface area contributed by atoms with Crippen molar-refractivity contribution in [3.05, 3.63) is 69.3 Å². The van der Waals surface area contributed by atoms with Crippen LogP contribution in [-0.2, 0) is 6.42 Å². The first-order chi connectivity index (χ1) is 10.1. The Morgan fingerprint density at radius 2 is 1.95 bits per heavy atom. The Labute approximate surface area is 130 Å². The van der Waals surface area contributed by atoms with E-state index in [0.717, 1.165) is 22.3 Å². The zero-order valence-corrected chi connectivity index (χ0v) is 12.5. The number of benzene rings is 2. The van der Waals surface area contributed by atoms with Gasteiger partial charge in [-0.1, -0.05) is 41.9 Å². The van der Waals surface area contributed by atoms with Crippen molar-refractivity contribution in [2.45, 2.75) is 6.42 Å². The molecule has 3 rings (SSSR count). The van der Waals surface area contributed by atoms with Crippen LogP contribution in [0.15, 0.2) is 47.8 Å². The van der Waals surface area contributed by atoms with Gasteiger partial charge in [-0.2, -0.15) is 0 Å². The molecule has 0 spiro atoms. The van der Waals surface area contributed by atoms with E-state index in [1.54, 1.807) is 0 Å². The third-order valence-corrected chi connectivity index (χ3v) is 4.22. The van der Waals surface area contributed by atoms with Crippen LogP contribution in [0.2, 0.25) is 5.02 Å². The van der Waals surface area contributed by atoms with Gasteiger partial charge in [0.2, 0.25) is 0 Å². The summed E-state index contributed by atoms with van der Waals surface area (Å²) < 4.78 is 13.2. The zero-order chi connectivity index (χ0) is 14.8. The molecule has 1 heterocycles. The number of nitrogens with zero attached hydrogens (tertiary/aromatic N) is 1. The number of phenolic OH excluding ortho intramolecular Hbond substituents is 1. The molecular weight excluding hydrogens is 309 g/mol. The first-order valence-corrected chi connectivity index (χ1v) is 7.56. The fourth-order valence-electron chi connectivity index (χ4n) is 2.02. The number of rotatable bonds is 3. The second kappa shape index (κ2) is 5.84. The SMILES string of the molecule is Oc1cc(F)c(Cl)cc1Cc1nc(-c2ccccc2)cs1. The van der Waals surface area contributed by atoms with Crippen LogP contribution in [0.25, 0.3) is 11.3 Å². The second-order valence-electron chi connectivity index (χ2n) is 4.56. The van der Waals surface area contributed by atoms with Crippen molar-refractivity contribution in [3.63, 3.8) is 0 Å². The maximum Gasteiger partial charge on any atom is 0.145 e. The fraction of sp³-hybridized carbons (Fsp3) is 0.0625. The minimum atomic E-state index is -0.623. The van der Waals surface area contributed by atoms with Crippen LogP contribution in [0.5, 0.6) is 5.75 Å². The Kier molecular flexibility index (Phi) is 3.90. The molecule has 1 N–H and O–H groups in total. The predicted octanol–water partition coefficient (Wildman–Crippen LogP) is 4.90. The molecule has 0 aliphatic carbocycles. The molecule has 0 saturated carbocycles. The van der Waals surface area contributed by atoms with E-state index in [2.05, 4.69) is 4.98 Å². The first kappa shape index (κ1) is 14.0. The van der Waals surface area contributed by atoms with Crippen molar-refractivity contribution in [1.29, 1.82) is 0 Å². The number of hydrogen-bond acceptors (Lipinski definition) is 3. The lowest BCUT2D eigenvalue weighted by atomic mass is 10.1. The molecule has 3 aromatic rings. The number of aromatic hydroxyl groups is 1. The highest BCUT2D eigenvalue weighted by molar-refractivity contribution is 7.10. The first-order valence-electron chi connectivity index (χ1n) is 6.30. The lowest BCUT2D eigenvalue weighted by Crippen LogP contribution is -1.90. The molecule has 0 fully saturated rings. The highest BCUT2D eigenvalue weighted by Crippen LogP contribution is 2.29. The molecule has 0 amide bonds. The van der Waals surface area contributed by atoms with E-state index < -0.39 is 5.82 Å². The summed E-state index contributed by atoms with van der Waals surface area (Å²) in [6, 6.07) is 12.3. The highest BCUT2D eigenvalue weighted by Gasteiger charge is 2.11. The van der Waals surface area contributed by atoms with Gasteiger partial charge in [-0.15, -0.1) is 11.3 Å². The second-order valence-corrected chi connectivity index (χ2v) is 5.91. The van der Waals surface area contributed by atoms with Crippen LogP contribution in [0, 0.1) is 5.82 Å². The van der Waals surface area contributed by atoms with Gasteiger partial charge in [0.15, 0.2) is 0 Å². The van der Waals surface area contributed by atoms with Crippen LogP contribution < -0.4 is 0 Å². The monoisotopic (exact) mass is 319 g/mol. The van der Waals surface area contributed by atoms with Crippen molar-refractivity contribution in [2.24, 2.45) is 0 Å². The van der Waals surface area contributed by atoms with Gasteiger partial charge < -0.3 is 5.11 Å². The van der Waals surface area contributed by atoms with Crippen LogP contribution in [-0.4, -0.2) is 10.1 Å². The molecule has 0 aliphatic heterocycles. The average Bonchev–Trinajstić information content (AvgIpc) is 2.94. The van der Waals surface area contributed by atoms with E-state index in [1.165, 1.54) is 17.4 Å². The standard InChI is InChI=1S/C16H11ClFNOS/c17-12-6-11(15(20)8-13(12)18)7-16-19-14(9-21-16)10-4-2-1-3-5-10/h1-6,8-9,20H,7H2. The molecule has 0 aliphatic rings. The molecule has 5 heteroatoms. The predicted molar refractivity (Wildman–Crippen MR) is 83.4 cm³/mol. The molecule has 0 bridgehead atoms. The molecule has 21 heavy (non-hydrogen) atoms. The summed E-state index contributed by atoms with van der Waals surface area (Å²) in [6.45, 7) is 0. The van der Waals surface area contributed by atoms with E-state index in [9.17, 15) is 9.50 Å². The lowest BCUT2D eigenvalue weighted by molar-refractivity contribution is 0.463. The molecule has 0 saturated heterocycles.